The first-order chi connectivity index (χ1) is 9.24. The maximum absolute atomic E-state index is 12.6. The van der Waals surface area contributed by atoms with Crippen LogP contribution in [-0.2, 0) is 4.79 Å². The van der Waals surface area contributed by atoms with Crippen LogP contribution in [0.5, 0.6) is 0 Å². The molecular weight excluding hydrogens is 238 g/mol. The van der Waals surface area contributed by atoms with Gasteiger partial charge in [-0.2, -0.15) is 0 Å². The van der Waals surface area contributed by atoms with E-state index in [1.165, 1.54) is 6.42 Å². The van der Waals surface area contributed by atoms with Crippen LogP contribution in [0, 0.1) is 0 Å². The van der Waals surface area contributed by atoms with Gasteiger partial charge in [-0.05, 0) is 38.2 Å². The molecule has 0 heterocycles. The first-order valence-electron chi connectivity index (χ1n) is 7.20. The molecule has 1 aliphatic rings. The van der Waals surface area contributed by atoms with Crippen LogP contribution in [0.25, 0.3) is 0 Å². The first-order valence-corrected chi connectivity index (χ1v) is 7.20. The molecule has 1 unspecified atom stereocenters. The number of aliphatic hydroxyl groups excluding tert-OH is 1. The molecule has 0 bridgehead atoms. The van der Waals surface area contributed by atoms with Crippen LogP contribution in [0.4, 0.5) is 0 Å². The van der Waals surface area contributed by atoms with Crippen molar-refractivity contribution in [3.05, 3.63) is 35.9 Å². The van der Waals surface area contributed by atoms with Gasteiger partial charge in [0.05, 0.1) is 5.92 Å². The van der Waals surface area contributed by atoms with Crippen molar-refractivity contribution in [2.45, 2.75) is 44.6 Å². The Balaban J connectivity index is 2.05. The van der Waals surface area contributed by atoms with Crippen molar-refractivity contribution in [1.82, 2.24) is 4.90 Å². The standard InChI is InChI=1S/C16H23NO2/c1-13(14-7-3-2-4-8-14)16(19)17(11-6-12-18)15-9-5-10-15/h2-4,7-8,13,15,18H,5-6,9-12H2,1H3. The number of nitrogens with zero attached hydrogens (tertiary/aromatic N) is 1. The monoisotopic (exact) mass is 261 g/mol. The van der Waals surface area contributed by atoms with Crippen LogP contribution in [-0.4, -0.2) is 35.1 Å². The lowest BCUT2D eigenvalue weighted by Gasteiger charge is -2.39. The predicted octanol–water partition coefficient (Wildman–Crippen LogP) is 2.55. The van der Waals surface area contributed by atoms with Crippen LogP contribution in [0.3, 0.4) is 0 Å². The van der Waals surface area contributed by atoms with Gasteiger partial charge >= 0.3 is 0 Å². The topological polar surface area (TPSA) is 40.5 Å². The number of benzene rings is 1. The fraction of sp³-hybridized carbons (Fsp3) is 0.562. The summed E-state index contributed by atoms with van der Waals surface area (Å²) in [6.07, 6.45) is 4.11. The number of hydrogen-bond donors (Lipinski definition) is 1. The summed E-state index contributed by atoms with van der Waals surface area (Å²) >= 11 is 0. The van der Waals surface area contributed by atoms with E-state index in [1.807, 2.05) is 42.2 Å². The van der Waals surface area contributed by atoms with Crippen molar-refractivity contribution < 1.29 is 9.90 Å². The number of carbonyl (C=O) groups is 1. The van der Waals surface area contributed by atoms with Crippen LogP contribution in [0.15, 0.2) is 30.3 Å². The first kappa shape index (κ1) is 14.1. The van der Waals surface area contributed by atoms with Crippen LogP contribution in [0.1, 0.15) is 44.1 Å². The molecule has 0 aromatic heterocycles. The molecular formula is C16H23NO2. The summed E-state index contributed by atoms with van der Waals surface area (Å²) in [5.74, 6) is 0.102. The highest BCUT2D eigenvalue weighted by molar-refractivity contribution is 5.83. The van der Waals surface area contributed by atoms with E-state index in [0.717, 1.165) is 18.4 Å². The summed E-state index contributed by atoms with van der Waals surface area (Å²) in [6, 6.07) is 10.3. The molecule has 0 spiro atoms. The number of aliphatic hydroxyl groups is 1. The minimum Gasteiger partial charge on any atom is -0.396 e. The molecule has 3 heteroatoms. The molecule has 19 heavy (non-hydrogen) atoms. The van der Waals surface area contributed by atoms with Gasteiger partial charge in [-0.25, -0.2) is 0 Å². The minimum absolute atomic E-state index is 0.0968. The minimum atomic E-state index is -0.0968. The van der Waals surface area contributed by atoms with Crippen LogP contribution in [0.2, 0.25) is 0 Å². The second-order valence-electron chi connectivity index (χ2n) is 5.33. The molecule has 1 atom stereocenters. The summed E-state index contributed by atoms with van der Waals surface area (Å²) in [5, 5.41) is 8.99. The smallest absolute Gasteiger partial charge is 0.230 e. The Labute approximate surface area is 115 Å². The molecule has 0 saturated heterocycles. The lowest BCUT2D eigenvalue weighted by molar-refractivity contribution is -0.136. The third-order valence-electron chi connectivity index (χ3n) is 4.03. The summed E-state index contributed by atoms with van der Waals surface area (Å²) < 4.78 is 0. The van der Waals surface area contributed by atoms with Crippen LogP contribution >= 0.6 is 0 Å². The van der Waals surface area contributed by atoms with E-state index in [-0.39, 0.29) is 18.4 Å². The number of carbonyl (C=O) groups excluding carboxylic acids is 1. The van der Waals surface area contributed by atoms with Gasteiger partial charge in [0.15, 0.2) is 0 Å². The van der Waals surface area contributed by atoms with E-state index in [4.69, 9.17) is 5.11 Å². The molecule has 104 valence electrons. The SMILES string of the molecule is CC(C(=O)N(CCCO)C1CCC1)c1ccccc1. The van der Waals surface area contributed by atoms with Gasteiger partial charge < -0.3 is 10.0 Å². The van der Waals surface area contributed by atoms with Crippen LogP contribution < -0.4 is 0 Å². The Hall–Kier alpha value is -1.35. The largest absolute Gasteiger partial charge is 0.396 e. The Morgan fingerprint density at radius 3 is 2.58 bits per heavy atom. The molecule has 1 aliphatic carbocycles. The van der Waals surface area contributed by atoms with Gasteiger partial charge in [0, 0.05) is 19.2 Å². The molecule has 3 nitrogen and oxygen atoms in total. The lowest BCUT2D eigenvalue weighted by atomic mass is 9.89. The van der Waals surface area contributed by atoms with Crippen molar-refractivity contribution in [2.24, 2.45) is 0 Å². The number of rotatable bonds is 6. The molecule has 0 aliphatic heterocycles. The van der Waals surface area contributed by atoms with Crippen molar-refractivity contribution in [2.75, 3.05) is 13.2 Å². The quantitative estimate of drug-likeness (QED) is 0.855. The van der Waals surface area contributed by atoms with E-state index >= 15 is 0 Å². The summed E-state index contributed by atoms with van der Waals surface area (Å²) in [7, 11) is 0. The number of hydrogen-bond acceptors (Lipinski definition) is 2. The highest BCUT2D eigenvalue weighted by atomic mass is 16.3. The fourth-order valence-electron chi connectivity index (χ4n) is 2.55. The molecule has 1 fully saturated rings. The van der Waals surface area contributed by atoms with Gasteiger partial charge in [0.1, 0.15) is 0 Å². The van der Waals surface area contributed by atoms with E-state index < -0.39 is 0 Å². The van der Waals surface area contributed by atoms with Gasteiger partial charge in [-0.3, -0.25) is 4.79 Å². The van der Waals surface area contributed by atoms with Crippen molar-refractivity contribution in [3.63, 3.8) is 0 Å². The third-order valence-corrected chi connectivity index (χ3v) is 4.03. The molecule has 1 saturated carbocycles. The van der Waals surface area contributed by atoms with Gasteiger partial charge in [0.25, 0.3) is 0 Å². The lowest BCUT2D eigenvalue weighted by Crippen LogP contribution is -2.46. The zero-order valence-corrected chi connectivity index (χ0v) is 11.6. The Morgan fingerprint density at radius 1 is 1.37 bits per heavy atom. The molecule has 1 aromatic rings. The normalized spacial score (nSPS) is 16.7. The fourth-order valence-corrected chi connectivity index (χ4v) is 2.55. The highest BCUT2D eigenvalue weighted by Gasteiger charge is 2.31. The molecule has 0 radical (unpaired) electrons. The Kier molecular flexibility index (Phi) is 4.97. The second kappa shape index (κ2) is 6.71. The van der Waals surface area contributed by atoms with Crippen molar-refractivity contribution >= 4 is 5.91 Å². The molecule has 1 N–H and O–H groups in total. The molecule has 1 aromatic carbocycles. The van der Waals surface area contributed by atoms with Crippen molar-refractivity contribution in [1.29, 1.82) is 0 Å². The second-order valence-corrected chi connectivity index (χ2v) is 5.33. The summed E-state index contributed by atoms with van der Waals surface area (Å²) in [4.78, 5) is 14.6. The summed E-state index contributed by atoms with van der Waals surface area (Å²) in [5.41, 5.74) is 1.07. The van der Waals surface area contributed by atoms with Gasteiger partial charge in [0.2, 0.25) is 5.91 Å². The maximum Gasteiger partial charge on any atom is 0.230 e. The average molecular weight is 261 g/mol. The van der Waals surface area contributed by atoms with E-state index in [0.29, 0.717) is 19.0 Å². The Morgan fingerprint density at radius 2 is 2.05 bits per heavy atom. The zero-order chi connectivity index (χ0) is 13.7. The van der Waals surface area contributed by atoms with E-state index in [1.54, 1.807) is 0 Å². The average Bonchev–Trinajstić information content (AvgIpc) is 2.40. The van der Waals surface area contributed by atoms with E-state index in [9.17, 15) is 4.79 Å². The Bertz CT molecular complexity index is 400. The zero-order valence-electron chi connectivity index (χ0n) is 11.6. The summed E-state index contributed by atoms with van der Waals surface area (Å²) in [6.45, 7) is 2.80. The van der Waals surface area contributed by atoms with Gasteiger partial charge in [-0.1, -0.05) is 30.3 Å². The predicted molar refractivity (Wildman–Crippen MR) is 75.9 cm³/mol. The third kappa shape index (κ3) is 3.35. The molecule has 1 amide bonds. The maximum atomic E-state index is 12.6. The number of amides is 1. The van der Waals surface area contributed by atoms with E-state index in [2.05, 4.69) is 0 Å². The highest BCUT2D eigenvalue weighted by Crippen LogP contribution is 2.28. The molecule has 2 rings (SSSR count). The van der Waals surface area contributed by atoms with Gasteiger partial charge in [-0.15, -0.1) is 0 Å². The van der Waals surface area contributed by atoms with Crippen molar-refractivity contribution in [3.8, 4) is 0 Å².